The van der Waals surface area contributed by atoms with Crippen molar-refractivity contribution in [2.75, 3.05) is 14.1 Å². The fraction of sp³-hybridized carbons (Fsp3) is 0.211. The average Bonchev–Trinajstić information content (AvgIpc) is 3.85. The zero-order valence-corrected chi connectivity index (χ0v) is 28.8. The standard InChI is InChI=1S/C38H34F2N2O6S2/c1-41-33(21-31(23-9-5-3-6-10-23)45-29-15-13-27(39)25-17-19-49-35(25)29)47-37(43)38(44)48-34(42-2)22-32(24-11-7-4-8-12-24)46-30-16-14-28(40)26-18-20-50-36(26)30/h3-20,31-34,41-42H,21-22H2,1-2H3/t31-,32-,33?,34?/m1/s1. The van der Waals surface area contributed by atoms with E-state index in [1.807, 2.05) is 60.7 Å². The van der Waals surface area contributed by atoms with Gasteiger partial charge in [0, 0.05) is 23.6 Å². The molecular formula is C38H34F2N2O6S2. The van der Waals surface area contributed by atoms with E-state index >= 15 is 0 Å². The first-order chi connectivity index (χ1) is 24.3. The second kappa shape index (κ2) is 16.2. The Morgan fingerprint density at radius 3 is 1.38 bits per heavy atom. The van der Waals surface area contributed by atoms with E-state index in [1.54, 1.807) is 49.1 Å². The Kier molecular flexibility index (Phi) is 11.3. The smallest absolute Gasteiger partial charge is 0.419 e. The molecular weight excluding hydrogens is 683 g/mol. The number of nitrogens with one attached hydrogen (secondary N) is 2. The largest absolute Gasteiger partial charge is 0.484 e. The summed E-state index contributed by atoms with van der Waals surface area (Å²) in [5.41, 5.74) is 1.59. The third-order valence-corrected chi connectivity index (χ3v) is 9.96. The molecule has 0 amide bonds. The van der Waals surface area contributed by atoms with Crippen molar-refractivity contribution >= 4 is 54.8 Å². The van der Waals surface area contributed by atoms with Crippen LogP contribution in [0.2, 0.25) is 0 Å². The lowest BCUT2D eigenvalue weighted by atomic mass is 10.1. The number of carbonyl (C=O) groups excluding carboxylic acids is 2. The van der Waals surface area contributed by atoms with Crippen LogP contribution in [0.25, 0.3) is 20.2 Å². The Morgan fingerprint density at radius 2 is 1.00 bits per heavy atom. The first-order valence-corrected chi connectivity index (χ1v) is 17.6. The van der Waals surface area contributed by atoms with Gasteiger partial charge in [-0.2, -0.15) is 0 Å². The van der Waals surface area contributed by atoms with Gasteiger partial charge in [0.1, 0.15) is 35.3 Å². The Labute approximate surface area is 295 Å². The van der Waals surface area contributed by atoms with Crippen molar-refractivity contribution in [1.29, 1.82) is 0 Å². The molecule has 0 fully saturated rings. The van der Waals surface area contributed by atoms with E-state index in [9.17, 15) is 18.4 Å². The Bertz CT molecular complexity index is 1910. The second-order valence-corrected chi connectivity index (χ2v) is 13.1. The molecule has 0 spiro atoms. The van der Waals surface area contributed by atoms with Gasteiger partial charge in [0.05, 0.1) is 9.40 Å². The van der Waals surface area contributed by atoms with Gasteiger partial charge in [-0.05, 0) is 72.4 Å². The maximum Gasteiger partial charge on any atom is 0.419 e. The summed E-state index contributed by atoms with van der Waals surface area (Å²) in [7, 11) is 3.19. The molecule has 2 N–H and O–H groups in total. The molecule has 50 heavy (non-hydrogen) atoms. The molecule has 12 heteroatoms. The summed E-state index contributed by atoms with van der Waals surface area (Å²) in [4.78, 5) is 26.2. The van der Waals surface area contributed by atoms with Crippen LogP contribution in [0.3, 0.4) is 0 Å². The molecule has 4 aromatic carbocycles. The van der Waals surface area contributed by atoms with Crippen LogP contribution < -0.4 is 20.1 Å². The number of hydrogen-bond acceptors (Lipinski definition) is 10. The molecule has 0 saturated heterocycles. The first-order valence-electron chi connectivity index (χ1n) is 15.8. The third-order valence-electron chi connectivity index (χ3n) is 8.10. The summed E-state index contributed by atoms with van der Waals surface area (Å²) < 4.78 is 54.0. The molecule has 8 nitrogen and oxygen atoms in total. The molecule has 0 aliphatic heterocycles. The maximum atomic E-state index is 14.4. The van der Waals surface area contributed by atoms with Crippen LogP contribution in [0, 0.1) is 11.6 Å². The minimum Gasteiger partial charge on any atom is -0.484 e. The lowest BCUT2D eigenvalue weighted by molar-refractivity contribution is -0.177. The first kappa shape index (κ1) is 35.0. The summed E-state index contributed by atoms with van der Waals surface area (Å²) in [6, 6.07) is 27.9. The highest BCUT2D eigenvalue weighted by Crippen LogP contribution is 2.38. The summed E-state index contributed by atoms with van der Waals surface area (Å²) in [5, 5.41) is 10.4. The number of fused-ring (bicyclic) bond motifs is 2. The van der Waals surface area contributed by atoms with Crippen molar-refractivity contribution in [2.45, 2.75) is 37.5 Å². The van der Waals surface area contributed by atoms with Crippen LogP contribution >= 0.6 is 22.7 Å². The second-order valence-electron chi connectivity index (χ2n) is 11.3. The molecule has 0 aliphatic carbocycles. The molecule has 0 bridgehead atoms. The highest BCUT2D eigenvalue weighted by Gasteiger charge is 2.30. The monoisotopic (exact) mass is 716 g/mol. The molecule has 258 valence electrons. The number of thiophene rings is 2. The highest BCUT2D eigenvalue weighted by molar-refractivity contribution is 7.17. The fourth-order valence-electron chi connectivity index (χ4n) is 5.53. The molecule has 0 aliphatic rings. The van der Waals surface area contributed by atoms with Crippen molar-refractivity contribution in [1.82, 2.24) is 10.6 Å². The van der Waals surface area contributed by atoms with Crippen LogP contribution in [0.1, 0.15) is 36.2 Å². The van der Waals surface area contributed by atoms with Crippen molar-refractivity contribution in [2.24, 2.45) is 0 Å². The minimum absolute atomic E-state index is 0.123. The quantitative estimate of drug-likeness (QED) is 0.0661. The van der Waals surface area contributed by atoms with Gasteiger partial charge in [-0.1, -0.05) is 60.7 Å². The number of benzene rings is 4. The summed E-state index contributed by atoms with van der Waals surface area (Å²) in [6.07, 6.45) is -2.89. The van der Waals surface area contributed by atoms with Gasteiger partial charge in [0.15, 0.2) is 12.5 Å². The SMILES string of the molecule is CNC(C[C@@H](Oc1ccc(F)c2ccsc12)c1ccccc1)OC(=O)C(=O)OC(C[C@@H](Oc1ccc(F)c2ccsc12)c1ccccc1)NC. The average molecular weight is 717 g/mol. The van der Waals surface area contributed by atoms with Crippen LogP contribution in [0.5, 0.6) is 11.5 Å². The summed E-state index contributed by atoms with van der Waals surface area (Å²) in [5.74, 6) is -2.12. The number of carbonyl (C=O) groups is 2. The maximum absolute atomic E-state index is 14.4. The van der Waals surface area contributed by atoms with Crippen molar-refractivity contribution < 1.29 is 37.3 Å². The molecule has 0 saturated carbocycles. The van der Waals surface area contributed by atoms with E-state index in [0.29, 0.717) is 31.7 Å². The van der Waals surface area contributed by atoms with Crippen LogP contribution in [-0.2, 0) is 19.1 Å². The Morgan fingerprint density at radius 1 is 0.600 bits per heavy atom. The number of halogens is 2. The highest BCUT2D eigenvalue weighted by atomic mass is 32.1. The Hall–Kier alpha value is -4.88. The van der Waals surface area contributed by atoms with E-state index in [4.69, 9.17) is 18.9 Å². The molecule has 6 aromatic rings. The topological polar surface area (TPSA) is 95.1 Å². The lowest BCUT2D eigenvalue weighted by Gasteiger charge is -2.26. The molecule has 2 heterocycles. The van der Waals surface area contributed by atoms with Crippen molar-refractivity contribution in [3.63, 3.8) is 0 Å². The number of esters is 2. The normalized spacial score (nSPS) is 13.8. The zero-order chi connectivity index (χ0) is 35.0. The fourth-order valence-corrected chi connectivity index (χ4v) is 7.26. The predicted octanol–water partition coefficient (Wildman–Crippen LogP) is 8.29. The van der Waals surface area contributed by atoms with Gasteiger partial charge in [0.2, 0.25) is 0 Å². The van der Waals surface area contributed by atoms with E-state index in [0.717, 1.165) is 11.1 Å². The van der Waals surface area contributed by atoms with Crippen molar-refractivity contribution in [3.8, 4) is 11.5 Å². The molecule has 0 radical (unpaired) electrons. The lowest BCUT2D eigenvalue weighted by Crippen LogP contribution is -2.40. The number of rotatable bonds is 14. The van der Waals surface area contributed by atoms with E-state index < -0.39 is 36.6 Å². The zero-order valence-electron chi connectivity index (χ0n) is 27.1. The summed E-state index contributed by atoms with van der Waals surface area (Å²) in [6.45, 7) is 0. The van der Waals surface area contributed by atoms with Gasteiger partial charge in [-0.25, -0.2) is 18.4 Å². The van der Waals surface area contributed by atoms with Gasteiger partial charge in [0.25, 0.3) is 0 Å². The van der Waals surface area contributed by atoms with Gasteiger partial charge in [-0.3, -0.25) is 10.6 Å². The molecule has 2 unspecified atom stereocenters. The third kappa shape index (κ3) is 8.11. The van der Waals surface area contributed by atoms with Gasteiger partial charge in [-0.15, -0.1) is 22.7 Å². The molecule has 2 aromatic heterocycles. The molecule has 6 rings (SSSR count). The van der Waals surface area contributed by atoms with E-state index in [1.165, 1.54) is 34.8 Å². The Balaban J connectivity index is 1.14. The van der Waals surface area contributed by atoms with Crippen molar-refractivity contribution in [3.05, 3.63) is 131 Å². The van der Waals surface area contributed by atoms with Crippen LogP contribution in [0.15, 0.2) is 108 Å². The summed E-state index contributed by atoms with van der Waals surface area (Å²) >= 11 is 2.72. The molecule has 4 atom stereocenters. The number of ether oxygens (including phenoxy) is 4. The van der Waals surface area contributed by atoms with E-state index in [2.05, 4.69) is 10.6 Å². The predicted molar refractivity (Wildman–Crippen MR) is 190 cm³/mol. The number of hydrogen-bond donors (Lipinski definition) is 2. The van der Waals surface area contributed by atoms with Crippen LogP contribution in [0.4, 0.5) is 8.78 Å². The van der Waals surface area contributed by atoms with Gasteiger partial charge < -0.3 is 18.9 Å². The van der Waals surface area contributed by atoms with Gasteiger partial charge >= 0.3 is 11.9 Å². The van der Waals surface area contributed by atoms with E-state index in [-0.39, 0.29) is 24.5 Å². The van der Waals surface area contributed by atoms with Crippen LogP contribution in [-0.4, -0.2) is 38.5 Å². The minimum atomic E-state index is -1.20.